The number of hydrogen-bond acceptors (Lipinski definition) is 9. The maximum absolute atomic E-state index is 11.3. The Bertz CT molecular complexity index is 392. The molecule has 0 N–H and O–H groups in total. The first-order valence-electron chi connectivity index (χ1n) is 5.45. The highest BCUT2D eigenvalue weighted by Gasteiger charge is 2.24. The van der Waals surface area contributed by atoms with Crippen LogP contribution in [0.15, 0.2) is 0 Å². The first kappa shape index (κ1) is 18.1. The third kappa shape index (κ3) is 7.52. The van der Waals surface area contributed by atoms with E-state index in [1.807, 2.05) is 0 Å². The lowest BCUT2D eigenvalue weighted by atomic mass is 10.4. The van der Waals surface area contributed by atoms with Crippen molar-refractivity contribution in [3.8, 4) is 0 Å². The van der Waals surface area contributed by atoms with Crippen LogP contribution in [0.2, 0.25) is 0 Å². The van der Waals surface area contributed by atoms with E-state index in [0.29, 0.717) is 0 Å². The molecule has 0 spiro atoms. The van der Waals surface area contributed by atoms with Gasteiger partial charge < -0.3 is 18.5 Å². The molecule has 0 aromatic rings. The Labute approximate surface area is 115 Å². The van der Waals surface area contributed by atoms with Crippen molar-refractivity contribution in [2.24, 2.45) is 0 Å². The van der Waals surface area contributed by atoms with Crippen LogP contribution in [-0.4, -0.2) is 36.1 Å². The highest BCUT2D eigenvalue weighted by atomic mass is 31.1. The standard InChI is InChI=1S/C10H15O9P/c1-5(16-7(3)11)9(13)18-20(15)19-10(14)6(2)17-8(4)12/h5-6,20H,1-4H3. The first-order chi connectivity index (χ1) is 9.13. The Morgan fingerprint density at radius 2 is 1.10 bits per heavy atom. The van der Waals surface area contributed by atoms with Crippen LogP contribution < -0.4 is 0 Å². The number of esters is 2. The van der Waals surface area contributed by atoms with Crippen molar-refractivity contribution in [2.75, 3.05) is 0 Å². The van der Waals surface area contributed by atoms with Crippen LogP contribution in [0.5, 0.6) is 0 Å². The highest BCUT2D eigenvalue weighted by Crippen LogP contribution is 2.26. The molecule has 0 aliphatic carbocycles. The van der Waals surface area contributed by atoms with Crippen molar-refractivity contribution in [1.82, 2.24) is 0 Å². The number of carbonyl (C=O) groups is 4. The van der Waals surface area contributed by atoms with Gasteiger partial charge in [0.2, 0.25) is 0 Å². The molecule has 0 radical (unpaired) electrons. The van der Waals surface area contributed by atoms with E-state index in [2.05, 4.69) is 18.5 Å². The number of carbonyl (C=O) groups excluding carboxylic acids is 4. The minimum atomic E-state index is -3.48. The fourth-order valence-corrected chi connectivity index (χ4v) is 1.65. The lowest BCUT2D eigenvalue weighted by molar-refractivity contribution is -0.162. The van der Waals surface area contributed by atoms with Gasteiger partial charge in [0.1, 0.15) is 0 Å². The summed E-state index contributed by atoms with van der Waals surface area (Å²) in [6.07, 6.45) is -2.57. The summed E-state index contributed by atoms with van der Waals surface area (Å²) in [5, 5.41) is 0. The van der Waals surface area contributed by atoms with Crippen molar-refractivity contribution < 1.29 is 42.3 Å². The molecular formula is C10H15O9P. The zero-order valence-electron chi connectivity index (χ0n) is 11.3. The van der Waals surface area contributed by atoms with Gasteiger partial charge in [0.25, 0.3) is 0 Å². The summed E-state index contributed by atoms with van der Waals surface area (Å²) in [5.41, 5.74) is 0. The Hall–Kier alpha value is -1.89. The van der Waals surface area contributed by atoms with E-state index in [0.717, 1.165) is 13.8 Å². The number of hydrogen-bond donors (Lipinski definition) is 0. The molecule has 2 atom stereocenters. The maximum atomic E-state index is 11.3. The summed E-state index contributed by atoms with van der Waals surface area (Å²) in [6, 6.07) is 0. The van der Waals surface area contributed by atoms with Gasteiger partial charge >= 0.3 is 32.1 Å². The van der Waals surface area contributed by atoms with Crippen LogP contribution in [0.25, 0.3) is 0 Å². The molecule has 0 fully saturated rings. The first-order valence-corrected chi connectivity index (χ1v) is 6.67. The topological polar surface area (TPSA) is 122 Å². The SMILES string of the molecule is CC(=O)OC(C)C(=O)O[PH](=O)OC(=O)C(C)OC(C)=O. The van der Waals surface area contributed by atoms with Crippen LogP contribution in [0.1, 0.15) is 27.7 Å². The third-order valence-electron chi connectivity index (χ3n) is 1.72. The summed E-state index contributed by atoms with van der Waals surface area (Å²) in [4.78, 5) is 43.7. The van der Waals surface area contributed by atoms with Gasteiger partial charge in [0, 0.05) is 13.8 Å². The summed E-state index contributed by atoms with van der Waals surface area (Å²) in [6.45, 7) is 4.55. The summed E-state index contributed by atoms with van der Waals surface area (Å²) >= 11 is 0. The van der Waals surface area contributed by atoms with Gasteiger partial charge in [-0.15, -0.1) is 0 Å². The molecule has 0 amide bonds. The van der Waals surface area contributed by atoms with E-state index >= 15 is 0 Å². The lowest BCUT2D eigenvalue weighted by Crippen LogP contribution is -2.25. The second-order valence-electron chi connectivity index (χ2n) is 3.60. The molecule has 0 saturated heterocycles. The van der Waals surface area contributed by atoms with Crippen LogP contribution in [-0.2, 0) is 42.3 Å². The lowest BCUT2D eigenvalue weighted by Gasteiger charge is -2.13. The minimum absolute atomic E-state index is 0.727. The Balaban J connectivity index is 4.28. The molecular weight excluding hydrogens is 295 g/mol. The van der Waals surface area contributed by atoms with Crippen molar-refractivity contribution in [2.45, 2.75) is 39.9 Å². The van der Waals surface area contributed by atoms with Crippen LogP contribution in [0.3, 0.4) is 0 Å². The van der Waals surface area contributed by atoms with E-state index in [1.54, 1.807) is 0 Å². The van der Waals surface area contributed by atoms with E-state index in [4.69, 9.17) is 0 Å². The average molecular weight is 310 g/mol. The fraction of sp³-hybridized carbons (Fsp3) is 0.600. The molecule has 0 rings (SSSR count). The van der Waals surface area contributed by atoms with Crippen LogP contribution in [0.4, 0.5) is 0 Å². The molecule has 20 heavy (non-hydrogen) atoms. The van der Waals surface area contributed by atoms with Crippen molar-refractivity contribution in [1.29, 1.82) is 0 Å². The number of ether oxygens (including phenoxy) is 2. The second-order valence-corrected chi connectivity index (χ2v) is 4.50. The van der Waals surface area contributed by atoms with E-state index in [1.165, 1.54) is 13.8 Å². The third-order valence-corrected chi connectivity index (χ3v) is 2.45. The van der Waals surface area contributed by atoms with E-state index < -0.39 is 44.3 Å². The molecule has 0 aromatic carbocycles. The van der Waals surface area contributed by atoms with Crippen LogP contribution in [0, 0.1) is 0 Å². The zero-order chi connectivity index (χ0) is 15.9. The Kier molecular flexibility index (Phi) is 7.53. The predicted octanol–water partition coefficient (Wildman–Crippen LogP) is 0.366. The Morgan fingerprint density at radius 1 is 0.800 bits per heavy atom. The molecule has 10 heteroatoms. The smallest absolute Gasteiger partial charge is 0.423 e. The molecule has 0 aliphatic heterocycles. The van der Waals surface area contributed by atoms with Crippen molar-refractivity contribution in [3.63, 3.8) is 0 Å². The largest absolute Gasteiger partial charge is 0.451 e. The van der Waals surface area contributed by atoms with Gasteiger partial charge in [-0.2, -0.15) is 0 Å². The zero-order valence-corrected chi connectivity index (χ0v) is 12.3. The van der Waals surface area contributed by atoms with Gasteiger partial charge in [-0.1, -0.05) is 0 Å². The summed E-state index contributed by atoms with van der Waals surface area (Å²) < 4.78 is 28.8. The van der Waals surface area contributed by atoms with Gasteiger partial charge in [0.05, 0.1) is 0 Å². The molecule has 0 saturated carbocycles. The van der Waals surface area contributed by atoms with Gasteiger partial charge in [-0.05, 0) is 13.8 Å². The fourth-order valence-electron chi connectivity index (χ4n) is 0.945. The van der Waals surface area contributed by atoms with E-state index in [-0.39, 0.29) is 0 Å². The Morgan fingerprint density at radius 3 is 1.35 bits per heavy atom. The molecule has 0 aromatic heterocycles. The molecule has 9 nitrogen and oxygen atoms in total. The second kappa shape index (κ2) is 8.31. The van der Waals surface area contributed by atoms with Crippen molar-refractivity contribution >= 4 is 32.1 Å². The minimum Gasteiger partial charge on any atom is -0.451 e. The monoisotopic (exact) mass is 310 g/mol. The molecule has 0 heterocycles. The van der Waals surface area contributed by atoms with Gasteiger partial charge in [0.15, 0.2) is 12.2 Å². The van der Waals surface area contributed by atoms with Gasteiger partial charge in [-0.25, -0.2) is 14.2 Å². The molecule has 0 aliphatic rings. The maximum Gasteiger partial charge on any atom is 0.423 e. The average Bonchev–Trinajstić information content (AvgIpc) is 2.26. The highest BCUT2D eigenvalue weighted by molar-refractivity contribution is 7.34. The normalized spacial score (nSPS) is 14.4. The predicted molar refractivity (Wildman–Crippen MR) is 63.6 cm³/mol. The summed E-state index contributed by atoms with van der Waals surface area (Å²) in [7, 11) is -3.48. The van der Waals surface area contributed by atoms with E-state index in [9.17, 15) is 23.7 Å². The van der Waals surface area contributed by atoms with Gasteiger partial charge in [-0.3, -0.25) is 9.59 Å². The van der Waals surface area contributed by atoms with Crippen molar-refractivity contribution in [3.05, 3.63) is 0 Å². The molecule has 2 unspecified atom stereocenters. The molecule has 0 bridgehead atoms. The number of rotatable bonds is 6. The quantitative estimate of drug-likeness (QED) is 0.388. The van der Waals surface area contributed by atoms with Crippen LogP contribution >= 0.6 is 8.25 Å². The summed E-state index contributed by atoms with van der Waals surface area (Å²) in [5.74, 6) is -3.71. The molecule has 114 valence electrons.